The van der Waals surface area contributed by atoms with Gasteiger partial charge in [0.25, 0.3) is 0 Å². The number of anilines is 9. The van der Waals surface area contributed by atoms with Crippen LogP contribution in [-0.4, -0.2) is 44.9 Å². The van der Waals surface area contributed by atoms with Crippen LogP contribution in [0, 0.1) is 27.7 Å². The number of hydrogen-bond donors (Lipinski definition) is 0. The lowest BCUT2D eigenvalue weighted by atomic mass is 10.0. The van der Waals surface area contributed by atoms with E-state index in [0.717, 1.165) is 149 Å². The largest absolute Gasteiger partial charge is 0.453 e. The van der Waals surface area contributed by atoms with Crippen LogP contribution >= 0.6 is 0 Å². The molecule has 3 aliphatic heterocycles. The first-order valence-electron chi connectivity index (χ1n) is 43.7. The smallest absolute Gasteiger partial charge is 0.164 e. The summed E-state index contributed by atoms with van der Waals surface area (Å²) in [6.45, 7) is 21.6. The highest BCUT2D eigenvalue weighted by Crippen LogP contribution is 2.54. The highest BCUT2D eigenvalue weighted by Gasteiger charge is 2.30. The third kappa shape index (κ3) is 17.0. The minimum atomic E-state index is 0.455. The molecule has 15 heteroatoms. The molecule has 0 unspecified atom stereocenters. The Morgan fingerprint density at radius 2 is 0.398 bits per heavy atom. The predicted molar refractivity (Wildman–Crippen MR) is 519 cm³/mol. The van der Waals surface area contributed by atoms with Crippen molar-refractivity contribution in [2.75, 3.05) is 14.7 Å². The molecule has 0 amide bonds. The van der Waals surface area contributed by atoms with Crippen molar-refractivity contribution in [2.45, 2.75) is 93.9 Å². The molecule has 15 aromatic carbocycles. The van der Waals surface area contributed by atoms with E-state index in [1.807, 2.05) is 109 Å². The van der Waals surface area contributed by atoms with E-state index in [0.29, 0.717) is 64.3 Å². The molecule has 0 aliphatic carbocycles. The SMILES string of the molecule is CC(C)c1ccc(-c2nc(-c3ccc(C(C)C)cc3)nc(-c3ccc(N4c5ccccc5Oc5ccccc54)cc3)n2)cc1.CCc1ccc(-c2nc(-c3ccc(CC)cc3)nc(-c3ccc(N4c5ccccc5Oc5ccccc54)cc3)n2)cc1.Cc1ccc(-c2nc(-c3ccc(N4c5ccccc5Oc5ccccc54)cc3)nc(-c3ccc(C)c(C)c3)n2)cc1C. The Kier molecular flexibility index (Phi) is 22.8. The molecule has 0 N–H and O–H groups in total. The van der Waals surface area contributed by atoms with Crippen molar-refractivity contribution in [3.63, 3.8) is 0 Å². The topological polar surface area (TPSA) is 153 Å². The van der Waals surface area contributed by atoms with Gasteiger partial charge in [0.2, 0.25) is 0 Å². The van der Waals surface area contributed by atoms with Crippen LogP contribution in [0.1, 0.15) is 97.9 Å². The standard InChI is InChI=1S/C39H34N4O.2C37H30N4O/c1-25(2)27-13-17-29(18-14-27)37-40-38(30-19-15-28(16-20-30)26(3)4)42-39(41-37)31-21-23-32(24-22-31)43-33-9-5-7-11-35(33)44-36-12-8-6-10-34(36)43;1-23-13-15-28(21-25(23)3)36-38-35(39-37(40-36)29-16-14-24(2)26(4)22-29)27-17-19-30(20-18-27)41-31-9-5-7-11-33(31)42-34-12-8-6-10-32(34)41;1-3-25-13-17-27(18-14-25)35-38-36(28-19-15-26(4-2)16-20-28)40-37(39-35)29-21-23-30(24-22-29)41-31-9-5-7-11-33(31)42-34-12-8-6-10-32(34)41/h5-26H,1-4H3;5-22H,1-4H3;5-24H,3-4H2,1-2H3. The number of nitrogens with zero attached hydrogens (tertiary/aromatic N) is 12. The first-order valence-corrected chi connectivity index (χ1v) is 43.7. The summed E-state index contributed by atoms with van der Waals surface area (Å²) in [6.07, 6.45) is 1.98. The summed E-state index contributed by atoms with van der Waals surface area (Å²) in [5, 5.41) is 0. The summed E-state index contributed by atoms with van der Waals surface area (Å²) >= 11 is 0. The Hall–Kier alpha value is -15.9. The zero-order chi connectivity index (χ0) is 87.5. The van der Waals surface area contributed by atoms with Crippen molar-refractivity contribution in [3.05, 3.63) is 396 Å². The van der Waals surface area contributed by atoms with Crippen molar-refractivity contribution in [1.82, 2.24) is 44.9 Å². The van der Waals surface area contributed by atoms with Crippen molar-refractivity contribution in [3.8, 4) is 137 Å². The van der Waals surface area contributed by atoms with E-state index in [1.54, 1.807) is 0 Å². The van der Waals surface area contributed by atoms with Gasteiger partial charge in [-0.05, 0) is 255 Å². The zero-order valence-corrected chi connectivity index (χ0v) is 73.1. The van der Waals surface area contributed by atoms with Crippen molar-refractivity contribution >= 4 is 51.2 Å². The second-order valence-electron chi connectivity index (χ2n) is 32.9. The molecule has 624 valence electrons. The summed E-state index contributed by atoms with van der Waals surface area (Å²) in [7, 11) is 0. The fourth-order valence-corrected chi connectivity index (χ4v) is 16.1. The second-order valence-corrected chi connectivity index (χ2v) is 32.9. The van der Waals surface area contributed by atoms with Gasteiger partial charge < -0.3 is 28.9 Å². The summed E-state index contributed by atoms with van der Waals surface area (Å²) in [4.78, 5) is 51.3. The van der Waals surface area contributed by atoms with Gasteiger partial charge in [-0.25, -0.2) is 44.9 Å². The summed E-state index contributed by atoms with van der Waals surface area (Å²) < 4.78 is 18.6. The summed E-state index contributed by atoms with van der Waals surface area (Å²) in [5.41, 5.74) is 27.7. The quantitative estimate of drug-likeness (QED) is 0.0901. The number of aryl methyl sites for hydroxylation is 6. The zero-order valence-electron chi connectivity index (χ0n) is 73.1. The molecule has 128 heavy (non-hydrogen) atoms. The number of benzene rings is 15. The van der Waals surface area contributed by atoms with E-state index in [4.69, 9.17) is 59.1 Å². The van der Waals surface area contributed by atoms with Gasteiger partial charge in [0, 0.05) is 67.1 Å². The molecular weight excluding hydrogens is 1570 g/mol. The lowest BCUT2D eigenvalue weighted by Crippen LogP contribution is -2.15. The van der Waals surface area contributed by atoms with E-state index in [-0.39, 0.29) is 0 Å². The molecule has 0 atom stereocenters. The average Bonchev–Trinajstić information content (AvgIpc) is 0.760. The van der Waals surface area contributed by atoms with Gasteiger partial charge in [0.1, 0.15) is 0 Å². The minimum absolute atomic E-state index is 0.455. The monoisotopic (exact) mass is 1670 g/mol. The Morgan fingerprint density at radius 3 is 0.602 bits per heavy atom. The van der Waals surface area contributed by atoms with Gasteiger partial charge in [-0.15, -0.1) is 0 Å². The van der Waals surface area contributed by atoms with Crippen molar-refractivity contribution in [2.24, 2.45) is 0 Å². The van der Waals surface area contributed by atoms with E-state index < -0.39 is 0 Å². The van der Waals surface area contributed by atoms with Gasteiger partial charge in [-0.2, -0.15) is 0 Å². The van der Waals surface area contributed by atoms with Gasteiger partial charge >= 0.3 is 0 Å². The molecule has 3 aliphatic rings. The van der Waals surface area contributed by atoms with Gasteiger partial charge in [-0.1, -0.05) is 236 Å². The molecule has 18 aromatic rings. The van der Waals surface area contributed by atoms with Gasteiger partial charge in [-0.3, -0.25) is 0 Å². The summed E-state index contributed by atoms with van der Waals surface area (Å²) in [6, 6.07) is 121. The Bertz CT molecular complexity index is 6760. The fraction of sp³-hybridized carbons (Fsp3) is 0.124. The maximum Gasteiger partial charge on any atom is 0.164 e. The van der Waals surface area contributed by atoms with E-state index in [9.17, 15) is 0 Å². The molecule has 0 fully saturated rings. The summed E-state index contributed by atoms with van der Waals surface area (Å²) in [5.74, 6) is 11.8. The number of aromatic nitrogens is 9. The predicted octanol–water partition coefficient (Wildman–Crippen LogP) is 29.9. The molecule has 0 bridgehead atoms. The number of rotatable bonds is 16. The van der Waals surface area contributed by atoms with Crippen molar-refractivity contribution in [1.29, 1.82) is 0 Å². The number of fused-ring (bicyclic) bond motifs is 6. The van der Waals surface area contributed by atoms with Crippen LogP contribution in [0.2, 0.25) is 0 Å². The van der Waals surface area contributed by atoms with Crippen LogP contribution in [0.4, 0.5) is 51.2 Å². The number of hydrogen-bond acceptors (Lipinski definition) is 15. The van der Waals surface area contributed by atoms with Crippen LogP contribution < -0.4 is 28.9 Å². The Morgan fingerprint density at radius 1 is 0.211 bits per heavy atom. The maximum atomic E-state index is 6.20. The normalized spacial score (nSPS) is 12.0. The molecular formula is C113H94N12O3. The lowest BCUT2D eigenvalue weighted by Gasteiger charge is -2.32. The Labute approximate surface area is 747 Å². The van der Waals surface area contributed by atoms with E-state index >= 15 is 0 Å². The highest BCUT2D eigenvalue weighted by atomic mass is 16.5. The second kappa shape index (κ2) is 35.8. The Balaban J connectivity index is 0.000000125. The van der Waals surface area contributed by atoms with Crippen LogP contribution in [0.5, 0.6) is 34.5 Å². The molecule has 0 radical (unpaired) electrons. The van der Waals surface area contributed by atoms with Gasteiger partial charge in [0.05, 0.1) is 34.1 Å². The third-order valence-corrected chi connectivity index (χ3v) is 23.8. The first-order chi connectivity index (χ1) is 62.6. The average molecular weight is 1670 g/mol. The maximum absolute atomic E-state index is 6.20. The van der Waals surface area contributed by atoms with Crippen LogP contribution in [0.25, 0.3) is 102 Å². The molecule has 0 saturated heterocycles. The van der Waals surface area contributed by atoms with Crippen LogP contribution in [0.3, 0.4) is 0 Å². The van der Waals surface area contributed by atoms with Crippen molar-refractivity contribution < 1.29 is 14.2 Å². The molecule has 0 spiro atoms. The number of para-hydroxylation sites is 12. The van der Waals surface area contributed by atoms with Crippen LogP contribution in [0.15, 0.2) is 352 Å². The van der Waals surface area contributed by atoms with Gasteiger partial charge in [0.15, 0.2) is 86.9 Å². The fourth-order valence-electron chi connectivity index (χ4n) is 16.1. The van der Waals surface area contributed by atoms with E-state index in [1.165, 1.54) is 44.5 Å². The third-order valence-electron chi connectivity index (χ3n) is 23.8. The van der Waals surface area contributed by atoms with Crippen LogP contribution in [-0.2, 0) is 12.8 Å². The molecule has 6 heterocycles. The molecule has 3 aromatic heterocycles. The number of ether oxygens (including phenoxy) is 3. The first kappa shape index (κ1) is 81.8. The molecule has 15 nitrogen and oxygen atoms in total. The minimum Gasteiger partial charge on any atom is -0.453 e. The molecule has 21 rings (SSSR count). The lowest BCUT2D eigenvalue weighted by molar-refractivity contribution is 0.477. The molecule has 0 saturated carbocycles. The highest BCUT2D eigenvalue weighted by molar-refractivity contribution is 5.90. The van der Waals surface area contributed by atoms with E-state index in [2.05, 4.69) is 327 Å².